The van der Waals surface area contributed by atoms with E-state index < -0.39 is 16.2 Å². The molecule has 0 bridgehead atoms. The Morgan fingerprint density at radius 2 is 2.12 bits per heavy atom. The molecule has 16 heavy (non-hydrogen) atoms. The Labute approximate surface area is 94.3 Å². The van der Waals surface area contributed by atoms with E-state index >= 15 is 0 Å². The van der Waals surface area contributed by atoms with Crippen molar-refractivity contribution in [2.45, 2.75) is 25.4 Å². The summed E-state index contributed by atoms with van der Waals surface area (Å²) >= 11 is 0. The van der Waals surface area contributed by atoms with Crippen molar-refractivity contribution in [3.63, 3.8) is 0 Å². The van der Waals surface area contributed by atoms with Crippen molar-refractivity contribution in [1.82, 2.24) is 4.90 Å². The molecule has 2 aliphatic rings. The lowest BCUT2D eigenvalue weighted by atomic mass is 9.66. The van der Waals surface area contributed by atoms with Crippen LogP contribution in [0.25, 0.3) is 0 Å². The average molecular weight is 249 g/mol. The molecule has 0 unspecified atom stereocenters. The third-order valence-corrected chi connectivity index (χ3v) is 3.96. The molecule has 1 aliphatic heterocycles. The van der Waals surface area contributed by atoms with Crippen LogP contribution in [0, 0.1) is 5.41 Å². The SMILES string of the molecule is CS(=O)(=O)OC1CC2(CCN(C(=O)O)C2)C1. The van der Waals surface area contributed by atoms with Crippen LogP contribution in [0.4, 0.5) is 4.79 Å². The van der Waals surface area contributed by atoms with Gasteiger partial charge >= 0.3 is 6.09 Å². The lowest BCUT2D eigenvalue weighted by molar-refractivity contribution is -0.00269. The zero-order valence-electron chi connectivity index (χ0n) is 9.05. The number of hydrogen-bond acceptors (Lipinski definition) is 4. The summed E-state index contributed by atoms with van der Waals surface area (Å²) in [5.74, 6) is 0. The molecule has 1 N–H and O–H groups in total. The van der Waals surface area contributed by atoms with E-state index in [0.717, 1.165) is 12.7 Å². The second-order valence-electron chi connectivity index (χ2n) is 4.78. The summed E-state index contributed by atoms with van der Waals surface area (Å²) in [6.07, 6.45) is 1.97. The fraction of sp³-hybridized carbons (Fsp3) is 0.889. The third-order valence-electron chi connectivity index (χ3n) is 3.34. The molecule has 0 radical (unpaired) electrons. The Hall–Kier alpha value is -0.820. The van der Waals surface area contributed by atoms with Gasteiger partial charge in [-0.3, -0.25) is 4.18 Å². The first-order chi connectivity index (χ1) is 7.30. The fourth-order valence-corrected chi connectivity index (χ4v) is 3.28. The quantitative estimate of drug-likeness (QED) is 0.720. The summed E-state index contributed by atoms with van der Waals surface area (Å²) < 4.78 is 26.6. The van der Waals surface area contributed by atoms with Crippen LogP contribution in [0.5, 0.6) is 0 Å². The summed E-state index contributed by atoms with van der Waals surface area (Å²) in [7, 11) is -3.39. The first kappa shape index (κ1) is 11.7. The van der Waals surface area contributed by atoms with Crippen LogP contribution < -0.4 is 0 Å². The van der Waals surface area contributed by atoms with Gasteiger partial charge in [-0.05, 0) is 24.7 Å². The maximum atomic E-state index is 10.9. The van der Waals surface area contributed by atoms with Gasteiger partial charge in [0.05, 0.1) is 12.4 Å². The van der Waals surface area contributed by atoms with Crippen molar-refractivity contribution >= 4 is 16.2 Å². The summed E-state index contributed by atoms with van der Waals surface area (Å²) in [4.78, 5) is 12.1. The number of nitrogens with zero attached hydrogens (tertiary/aromatic N) is 1. The predicted molar refractivity (Wildman–Crippen MR) is 55.6 cm³/mol. The lowest BCUT2D eigenvalue weighted by Crippen LogP contribution is -2.45. The normalized spacial score (nSPS) is 34.1. The van der Waals surface area contributed by atoms with E-state index in [9.17, 15) is 13.2 Å². The van der Waals surface area contributed by atoms with E-state index in [1.807, 2.05) is 0 Å². The highest BCUT2D eigenvalue weighted by atomic mass is 32.2. The van der Waals surface area contributed by atoms with E-state index in [2.05, 4.69) is 0 Å². The monoisotopic (exact) mass is 249 g/mol. The van der Waals surface area contributed by atoms with Gasteiger partial charge in [-0.2, -0.15) is 8.42 Å². The van der Waals surface area contributed by atoms with Crippen LogP contribution in [0.3, 0.4) is 0 Å². The Balaban J connectivity index is 1.86. The molecule has 92 valence electrons. The molecule has 2 fully saturated rings. The van der Waals surface area contributed by atoms with E-state index in [1.165, 1.54) is 4.90 Å². The van der Waals surface area contributed by atoms with Crippen LogP contribution in [-0.2, 0) is 14.3 Å². The molecule has 1 heterocycles. The van der Waals surface area contributed by atoms with Crippen LogP contribution in [0.15, 0.2) is 0 Å². The zero-order valence-corrected chi connectivity index (χ0v) is 9.87. The van der Waals surface area contributed by atoms with Crippen LogP contribution in [0.2, 0.25) is 0 Å². The summed E-state index contributed by atoms with van der Waals surface area (Å²) in [5.41, 5.74) is -0.0340. The van der Waals surface area contributed by atoms with Gasteiger partial charge in [0.1, 0.15) is 0 Å². The summed E-state index contributed by atoms with van der Waals surface area (Å²) in [6.45, 7) is 1.05. The van der Waals surface area contributed by atoms with Gasteiger partial charge in [-0.25, -0.2) is 4.79 Å². The Bertz CT molecular complexity index is 398. The maximum Gasteiger partial charge on any atom is 0.407 e. The minimum Gasteiger partial charge on any atom is -0.465 e. The molecule has 1 saturated heterocycles. The van der Waals surface area contributed by atoms with Gasteiger partial charge in [0.25, 0.3) is 10.1 Å². The minimum atomic E-state index is -3.39. The standard InChI is InChI=1S/C9H15NO5S/c1-16(13,14)15-7-4-9(5-7)2-3-10(6-9)8(11)12/h7H,2-6H2,1H3,(H,11,12). The Morgan fingerprint density at radius 3 is 2.56 bits per heavy atom. The average Bonchev–Trinajstić information content (AvgIpc) is 2.45. The van der Waals surface area contributed by atoms with E-state index in [4.69, 9.17) is 9.29 Å². The molecule has 0 aromatic carbocycles. The van der Waals surface area contributed by atoms with Crippen LogP contribution in [-0.4, -0.2) is 50.0 Å². The Kier molecular flexibility index (Phi) is 2.62. The highest BCUT2D eigenvalue weighted by molar-refractivity contribution is 7.86. The van der Waals surface area contributed by atoms with Gasteiger partial charge < -0.3 is 10.0 Å². The number of amides is 1. The molecule has 1 saturated carbocycles. The highest BCUT2D eigenvalue weighted by Crippen LogP contribution is 2.49. The highest BCUT2D eigenvalue weighted by Gasteiger charge is 2.50. The molecule has 0 atom stereocenters. The molecule has 2 rings (SSSR count). The molecule has 0 aromatic heterocycles. The molecule has 0 aromatic rings. The van der Waals surface area contributed by atoms with Gasteiger partial charge in [0.2, 0.25) is 0 Å². The zero-order chi connectivity index (χ0) is 12.0. The largest absolute Gasteiger partial charge is 0.465 e. The number of likely N-dealkylation sites (tertiary alicyclic amines) is 1. The third kappa shape index (κ3) is 2.30. The van der Waals surface area contributed by atoms with Crippen LogP contribution >= 0.6 is 0 Å². The number of carbonyl (C=O) groups is 1. The summed E-state index contributed by atoms with van der Waals surface area (Å²) in [6, 6.07) is 0. The predicted octanol–water partition coefficient (Wildman–Crippen LogP) is 0.495. The Morgan fingerprint density at radius 1 is 1.50 bits per heavy atom. The van der Waals surface area contributed by atoms with Gasteiger partial charge in [0.15, 0.2) is 0 Å². The van der Waals surface area contributed by atoms with E-state index in [0.29, 0.717) is 25.9 Å². The molecule has 1 spiro atoms. The van der Waals surface area contributed by atoms with Crippen molar-refractivity contribution < 1.29 is 22.5 Å². The molecular formula is C9H15NO5S. The summed E-state index contributed by atoms with van der Waals surface area (Å²) in [5, 5.41) is 8.82. The van der Waals surface area contributed by atoms with E-state index in [-0.39, 0.29) is 11.5 Å². The van der Waals surface area contributed by atoms with Crippen molar-refractivity contribution in [2.75, 3.05) is 19.3 Å². The van der Waals surface area contributed by atoms with Crippen molar-refractivity contribution in [1.29, 1.82) is 0 Å². The van der Waals surface area contributed by atoms with Gasteiger partial charge in [0, 0.05) is 13.1 Å². The van der Waals surface area contributed by atoms with Crippen LogP contribution in [0.1, 0.15) is 19.3 Å². The maximum absolute atomic E-state index is 10.9. The smallest absolute Gasteiger partial charge is 0.407 e. The molecular weight excluding hydrogens is 234 g/mol. The van der Waals surface area contributed by atoms with Crippen molar-refractivity contribution in [2.24, 2.45) is 5.41 Å². The fourth-order valence-electron chi connectivity index (χ4n) is 2.65. The second kappa shape index (κ2) is 3.59. The number of hydrogen-bond donors (Lipinski definition) is 1. The van der Waals surface area contributed by atoms with Crippen molar-refractivity contribution in [3.8, 4) is 0 Å². The van der Waals surface area contributed by atoms with E-state index in [1.54, 1.807) is 0 Å². The topological polar surface area (TPSA) is 83.9 Å². The molecule has 6 nitrogen and oxygen atoms in total. The number of rotatable bonds is 2. The second-order valence-corrected chi connectivity index (χ2v) is 6.39. The van der Waals surface area contributed by atoms with Gasteiger partial charge in [-0.1, -0.05) is 0 Å². The molecule has 1 aliphatic carbocycles. The molecule has 1 amide bonds. The number of carboxylic acid groups (broad SMARTS) is 1. The lowest BCUT2D eigenvalue weighted by Gasteiger charge is -2.43. The van der Waals surface area contributed by atoms with Gasteiger partial charge in [-0.15, -0.1) is 0 Å². The van der Waals surface area contributed by atoms with Crippen molar-refractivity contribution in [3.05, 3.63) is 0 Å². The molecule has 7 heteroatoms. The first-order valence-electron chi connectivity index (χ1n) is 5.16. The minimum absolute atomic E-state index is 0.0340. The first-order valence-corrected chi connectivity index (χ1v) is 6.97.